The van der Waals surface area contributed by atoms with Gasteiger partial charge in [-0.3, -0.25) is 33.8 Å². The van der Waals surface area contributed by atoms with Crippen LogP contribution < -0.4 is 18.9 Å². The van der Waals surface area contributed by atoms with Crippen molar-refractivity contribution in [3.8, 4) is 22.8 Å². The third kappa shape index (κ3) is 10.6. The van der Waals surface area contributed by atoms with Crippen LogP contribution in [-0.2, 0) is 30.8 Å². The summed E-state index contributed by atoms with van der Waals surface area (Å²) >= 11 is 0. The number of carbonyl (C=O) groups is 2. The summed E-state index contributed by atoms with van der Waals surface area (Å²) in [6.45, 7) is 1.02. The number of aromatic nitrogens is 6. The normalized spacial score (nSPS) is 10.2. The summed E-state index contributed by atoms with van der Waals surface area (Å²) < 4.78 is 29.2. The number of hydrogen-bond donors (Lipinski definition) is 0. The second-order valence-electron chi connectivity index (χ2n) is 10.6. The van der Waals surface area contributed by atoms with E-state index in [1.54, 1.807) is 65.2 Å². The molecule has 10 nitrogen and oxygen atoms in total. The number of carbonyl (C=O) groups excluding carboxylic acids is 2. The molecular weight excluding hydrogens is 650 g/mol. The second kappa shape index (κ2) is 19.4. The van der Waals surface area contributed by atoms with Crippen LogP contribution in [0.15, 0.2) is 109 Å². The van der Waals surface area contributed by atoms with E-state index in [0.29, 0.717) is 54.4 Å². The van der Waals surface area contributed by atoms with Crippen LogP contribution in [0.25, 0.3) is 22.8 Å². The average Bonchev–Trinajstić information content (AvgIpc) is 3.76. The monoisotopic (exact) mass is 687 g/mol. The van der Waals surface area contributed by atoms with Crippen LogP contribution in [-0.4, -0.2) is 78.3 Å². The molecule has 0 saturated heterocycles. The summed E-state index contributed by atoms with van der Waals surface area (Å²) in [5, 5.41) is 10.1. The molecule has 252 valence electrons. The molecule has 6 rings (SSSR count). The number of aryl methyl sites for hydroxylation is 4. The molecule has 0 spiro atoms. The van der Waals surface area contributed by atoms with Crippen molar-refractivity contribution in [1.82, 2.24) is 34.6 Å². The minimum absolute atomic E-state index is 0. The molecule has 0 radical (unpaired) electrons. The number of hydroxylamine groups is 2. The average molecular weight is 688 g/mol. The van der Waals surface area contributed by atoms with Gasteiger partial charge in [0.2, 0.25) is 0 Å². The number of rotatable bonds is 11. The molecule has 0 fully saturated rings. The molecule has 0 atom stereocenters. The van der Waals surface area contributed by atoms with Gasteiger partial charge in [0.15, 0.2) is 23.6 Å². The van der Waals surface area contributed by atoms with E-state index in [1.807, 2.05) is 36.4 Å². The van der Waals surface area contributed by atoms with E-state index in [0.717, 1.165) is 28.2 Å². The van der Waals surface area contributed by atoms with Gasteiger partial charge in [0.25, 0.3) is 5.91 Å². The Bertz CT molecular complexity index is 1950. The van der Waals surface area contributed by atoms with E-state index in [-0.39, 0.29) is 55.2 Å². The Kier molecular flexibility index (Phi) is 15.4. The predicted molar refractivity (Wildman–Crippen MR) is 187 cm³/mol. The van der Waals surface area contributed by atoms with Gasteiger partial charge in [0.05, 0.1) is 18.5 Å². The Morgan fingerprint density at radius 3 is 1.70 bits per heavy atom. The van der Waals surface area contributed by atoms with Crippen molar-refractivity contribution in [3.05, 3.63) is 144 Å². The van der Waals surface area contributed by atoms with Gasteiger partial charge in [0.1, 0.15) is 34.4 Å². The van der Waals surface area contributed by atoms with Gasteiger partial charge in [0, 0.05) is 32.5 Å². The van der Waals surface area contributed by atoms with Gasteiger partial charge in [-0.25, -0.2) is 13.8 Å². The van der Waals surface area contributed by atoms with Crippen LogP contribution in [0, 0.1) is 11.6 Å². The number of nitrogens with zero attached hydrogens (tertiary/aromatic N) is 7. The third-order valence-electron chi connectivity index (χ3n) is 7.40. The van der Waals surface area contributed by atoms with Crippen LogP contribution in [0.2, 0.25) is 0 Å². The Labute approximate surface area is 312 Å². The largest absolute Gasteiger partial charge is 1.00 e. The van der Waals surface area contributed by atoms with Crippen molar-refractivity contribution in [1.29, 1.82) is 0 Å². The van der Waals surface area contributed by atoms with E-state index >= 15 is 0 Å². The molecule has 2 aromatic carbocycles. The summed E-state index contributed by atoms with van der Waals surface area (Å²) in [5.74, 6) is -0.835. The molecular formula is C36H37AlF2LiN7O3. The number of halogens is 2. The van der Waals surface area contributed by atoms with Crippen molar-refractivity contribution in [2.24, 2.45) is 0 Å². The fourth-order valence-electron chi connectivity index (χ4n) is 4.76. The fraction of sp³-hybridized carbons (Fsp3) is 0.167. The number of aldehydes is 1. The maximum absolute atomic E-state index is 13.1. The van der Waals surface area contributed by atoms with Gasteiger partial charge in [-0.1, -0.05) is 36.4 Å². The molecule has 0 N–H and O–H groups in total. The molecule has 0 aliphatic carbocycles. The number of amides is 1. The van der Waals surface area contributed by atoms with Crippen molar-refractivity contribution in [3.63, 3.8) is 0 Å². The van der Waals surface area contributed by atoms with Crippen molar-refractivity contribution in [2.75, 3.05) is 14.2 Å². The molecule has 0 saturated carbocycles. The minimum atomic E-state index is -0.304. The zero-order valence-electron chi connectivity index (χ0n) is 28.4. The van der Waals surface area contributed by atoms with Crippen LogP contribution in [0.3, 0.4) is 0 Å². The molecule has 0 unspecified atom stereocenters. The fourth-order valence-corrected chi connectivity index (χ4v) is 4.76. The molecule has 4 aromatic heterocycles. The van der Waals surface area contributed by atoms with Gasteiger partial charge < -0.3 is 1.43 Å². The summed E-state index contributed by atoms with van der Waals surface area (Å²) in [6.07, 6.45) is 5.43. The molecule has 6 aromatic rings. The van der Waals surface area contributed by atoms with Gasteiger partial charge in [-0.2, -0.15) is 10.2 Å². The molecule has 0 aliphatic rings. The summed E-state index contributed by atoms with van der Waals surface area (Å²) in [6, 6.07) is 27.1. The zero-order chi connectivity index (χ0) is 33.9. The van der Waals surface area contributed by atoms with E-state index in [2.05, 4.69) is 20.2 Å². The van der Waals surface area contributed by atoms with Crippen LogP contribution in [0.5, 0.6) is 0 Å². The molecule has 4 heterocycles. The predicted octanol–water partition coefficient (Wildman–Crippen LogP) is 2.03. The maximum atomic E-state index is 13.1. The Morgan fingerprint density at radius 2 is 1.24 bits per heavy atom. The molecule has 50 heavy (non-hydrogen) atoms. The van der Waals surface area contributed by atoms with Gasteiger partial charge in [-0.15, -0.1) is 0 Å². The first-order valence-corrected chi connectivity index (χ1v) is 15.1. The minimum Gasteiger partial charge on any atom is -1.00 e. The third-order valence-corrected chi connectivity index (χ3v) is 7.40. The van der Waals surface area contributed by atoms with Gasteiger partial charge >= 0.3 is 18.9 Å². The first kappa shape index (κ1) is 39.7. The van der Waals surface area contributed by atoms with E-state index in [4.69, 9.17) is 4.84 Å². The van der Waals surface area contributed by atoms with Crippen molar-refractivity contribution < 1.29 is 43.5 Å². The summed E-state index contributed by atoms with van der Waals surface area (Å²) in [5.41, 5.74) is 5.54. The van der Waals surface area contributed by atoms with Crippen LogP contribution in [0.4, 0.5) is 8.78 Å². The zero-order valence-corrected chi connectivity index (χ0v) is 27.4. The maximum Gasteiger partial charge on any atom is 1.00 e. The van der Waals surface area contributed by atoms with Crippen molar-refractivity contribution in [2.45, 2.75) is 25.9 Å². The Morgan fingerprint density at radius 1 is 0.760 bits per heavy atom. The van der Waals surface area contributed by atoms with E-state index in [1.165, 1.54) is 31.4 Å². The molecule has 1 amide bonds. The number of hydrogen-bond acceptors (Lipinski definition) is 7. The molecule has 0 bridgehead atoms. The van der Waals surface area contributed by atoms with Crippen LogP contribution >= 0.6 is 0 Å². The summed E-state index contributed by atoms with van der Waals surface area (Å²) in [4.78, 5) is 37.3. The van der Waals surface area contributed by atoms with E-state index < -0.39 is 0 Å². The summed E-state index contributed by atoms with van der Waals surface area (Å²) in [7, 11) is 2.97. The first-order chi connectivity index (χ1) is 23.3. The second-order valence-corrected chi connectivity index (χ2v) is 10.6. The molecule has 14 heteroatoms. The number of pyridine rings is 2. The van der Waals surface area contributed by atoms with Gasteiger partial charge in [-0.05, 0) is 84.6 Å². The Balaban J connectivity index is 0.000000338. The molecule has 0 aliphatic heterocycles. The Hall–Kier alpha value is -4.75. The topological polar surface area (TPSA) is 108 Å². The van der Waals surface area contributed by atoms with Crippen LogP contribution in [0.1, 0.15) is 33.5 Å². The standard InChI is InChI=1S/C19H19FN4O2.C17H14FN3O.Al.Li.4H/c1-23(26-2)19(25)18-13-17(16-5-3-4-11-21-16)22-24(18)12-10-14-6-8-15(20)9-7-14;18-14-6-4-13(5-7-14)8-10-21-15(12-22)11-17(20-21)16-3-1-2-9-19-16;;;;;;/h3-9,11,13H,10,12H2,1-2H3;1-7,9,11-12H,8,10H2;;;;;;/q;;;+1;;;;-1. The first-order valence-electron chi connectivity index (χ1n) is 15.1. The quantitative estimate of drug-likeness (QED) is 0.117. The number of benzene rings is 2. The smallest absolute Gasteiger partial charge is 1.00 e. The van der Waals surface area contributed by atoms with Crippen molar-refractivity contribution >= 4 is 29.6 Å². The SMILES string of the molecule is CON(C)C(=O)c1cc(-c2ccccn2)nn1CCc1ccc(F)cc1.O=Cc1cc(-c2ccccn2)nn1CCc1ccc(F)cc1.[AlH3].[H-].[Li+]. The van der Waals surface area contributed by atoms with E-state index in [9.17, 15) is 18.4 Å².